The summed E-state index contributed by atoms with van der Waals surface area (Å²) in [5.41, 5.74) is 0.200. The molecule has 0 aliphatic rings. The monoisotopic (exact) mass is 255 g/mol. The topological polar surface area (TPSA) is 12.0 Å². The molecule has 1 nitrogen and oxygen atoms in total. The second-order valence-corrected chi connectivity index (χ2v) is 4.83. The molecule has 0 saturated heterocycles. The molecule has 0 radical (unpaired) electrons. The van der Waals surface area contributed by atoms with Crippen LogP contribution in [0.25, 0.3) is 0 Å². The molecule has 2 unspecified atom stereocenters. The van der Waals surface area contributed by atoms with Gasteiger partial charge in [-0.1, -0.05) is 33.3 Å². The van der Waals surface area contributed by atoms with Gasteiger partial charge in [0, 0.05) is 11.6 Å². The van der Waals surface area contributed by atoms with Gasteiger partial charge in [0.2, 0.25) is 0 Å². The summed E-state index contributed by atoms with van der Waals surface area (Å²) in [6, 6.07) is 4.19. The highest BCUT2D eigenvalue weighted by molar-refractivity contribution is 5.20. The van der Waals surface area contributed by atoms with Gasteiger partial charge in [0.05, 0.1) is 0 Å². The number of nitrogens with one attached hydrogen (secondary N) is 1. The van der Waals surface area contributed by atoms with E-state index in [0.29, 0.717) is 12.3 Å². The molecule has 0 aromatic heterocycles. The molecular formula is C15H23F2N. The summed E-state index contributed by atoms with van der Waals surface area (Å²) in [4.78, 5) is 0. The fourth-order valence-corrected chi connectivity index (χ4v) is 2.34. The van der Waals surface area contributed by atoms with Crippen molar-refractivity contribution < 1.29 is 8.78 Å². The first kappa shape index (κ1) is 15.1. The molecule has 0 fully saturated rings. The summed E-state index contributed by atoms with van der Waals surface area (Å²) < 4.78 is 27.3. The first-order valence-corrected chi connectivity index (χ1v) is 6.76. The fourth-order valence-electron chi connectivity index (χ4n) is 2.34. The quantitative estimate of drug-likeness (QED) is 0.778. The third-order valence-electron chi connectivity index (χ3n) is 3.38. The van der Waals surface area contributed by atoms with Crippen molar-refractivity contribution in [2.45, 2.75) is 46.1 Å². The van der Waals surface area contributed by atoms with Crippen molar-refractivity contribution in [2.75, 3.05) is 6.54 Å². The molecule has 1 N–H and O–H groups in total. The Bertz CT molecular complexity index is 345. The number of rotatable bonds is 7. The Labute approximate surface area is 109 Å². The molecule has 2 atom stereocenters. The second kappa shape index (κ2) is 7.47. The van der Waals surface area contributed by atoms with E-state index in [-0.39, 0.29) is 11.6 Å². The Balaban J connectivity index is 2.82. The molecule has 102 valence electrons. The third kappa shape index (κ3) is 4.05. The van der Waals surface area contributed by atoms with E-state index in [1.54, 1.807) is 0 Å². The van der Waals surface area contributed by atoms with Crippen LogP contribution >= 0.6 is 0 Å². The van der Waals surface area contributed by atoms with Crippen LogP contribution in [0.3, 0.4) is 0 Å². The minimum atomic E-state index is -0.443. The summed E-state index contributed by atoms with van der Waals surface area (Å²) >= 11 is 0. The highest BCUT2D eigenvalue weighted by Crippen LogP contribution is 2.19. The van der Waals surface area contributed by atoms with Gasteiger partial charge in [-0.05, 0) is 37.4 Å². The number of hydrogen-bond acceptors (Lipinski definition) is 1. The van der Waals surface area contributed by atoms with Crippen LogP contribution in [-0.2, 0) is 6.42 Å². The molecule has 18 heavy (non-hydrogen) atoms. The van der Waals surface area contributed by atoms with E-state index in [9.17, 15) is 8.78 Å². The lowest BCUT2D eigenvalue weighted by molar-refractivity contribution is 0.350. The third-order valence-corrected chi connectivity index (χ3v) is 3.38. The summed E-state index contributed by atoms with van der Waals surface area (Å²) in [6.07, 6.45) is 2.56. The molecule has 0 aliphatic heterocycles. The molecule has 3 heteroatoms. The van der Waals surface area contributed by atoms with Crippen molar-refractivity contribution in [3.8, 4) is 0 Å². The average molecular weight is 255 g/mol. The van der Waals surface area contributed by atoms with Gasteiger partial charge in [0.25, 0.3) is 0 Å². The Hall–Kier alpha value is -0.960. The number of likely N-dealkylation sites (N-methyl/N-ethyl adjacent to an activating group) is 1. The SMILES string of the molecule is CCCC(C)C(Cc1c(F)cccc1F)NCC. The van der Waals surface area contributed by atoms with E-state index in [1.165, 1.54) is 18.2 Å². The largest absolute Gasteiger partial charge is 0.314 e. The van der Waals surface area contributed by atoms with Crippen LogP contribution in [0.4, 0.5) is 8.78 Å². The molecular weight excluding hydrogens is 232 g/mol. The Morgan fingerprint density at radius 3 is 2.28 bits per heavy atom. The zero-order chi connectivity index (χ0) is 13.5. The summed E-state index contributed by atoms with van der Waals surface area (Å²) in [7, 11) is 0. The number of halogens is 2. The van der Waals surface area contributed by atoms with Gasteiger partial charge in [-0.15, -0.1) is 0 Å². The van der Waals surface area contributed by atoms with Gasteiger partial charge in [0.1, 0.15) is 11.6 Å². The van der Waals surface area contributed by atoms with Crippen molar-refractivity contribution in [1.29, 1.82) is 0 Å². The lowest BCUT2D eigenvalue weighted by atomic mass is 9.91. The van der Waals surface area contributed by atoms with Crippen LogP contribution < -0.4 is 5.32 Å². The molecule has 0 heterocycles. The maximum absolute atomic E-state index is 13.6. The first-order chi connectivity index (χ1) is 8.60. The predicted molar refractivity (Wildman–Crippen MR) is 71.6 cm³/mol. The van der Waals surface area contributed by atoms with E-state index in [2.05, 4.69) is 19.2 Å². The molecule has 0 amide bonds. The smallest absolute Gasteiger partial charge is 0.129 e. The average Bonchev–Trinajstić information content (AvgIpc) is 2.33. The molecule has 1 aromatic rings. The predicted octanol–water partition coefficient (Wildman–Crippen LogP) is 3.92. The molecule has 0 bridgehead atoms. The summed E-state index contributed by atoms with van der Waals surface area (Å²) in [5.74, 6) is -0.475. The lowest BCUT2D eigenvalue weighted by Gasteiger charge is -2.25. The van der Waals surface area contributed by atoms with Gasteiger partial charge in [0.15, 0.2) is 0 Å². The minimum absolute atomic E-state index is 0.126. The Morgan fingerprint density at radius 1 is 1.17 bits per heavy atom. The molecule has 1 rings (SSSR count). The Morgan fingerprint density at radius 2 is 1.78 bits per heavy atom. The van der Waals surface area contributed by atoms with E-state index in [1.807, 2.05) is 6.92 Å². The summed E-state index contributed by atoms with van der Waals surface area (Å²) in [6.45, 7) is 7.09. The molecule has 0 saturated carbocycles. The lowest BCUT2D eigenvalue weighted by Crippen LogP contribution is -2.37. The zero-order valence-corrected chi connectivity index (χ0v) is 11.5. The van der Waals surface area contributed by atoms with Crippen LogP contribution in [0.1, 0.15) is 39.2 Å². The van der Waals surface area contributed by atoms with E-state index in [0.717, 1.165) is 19.4 Å². The van der Waals surface area contributed by atoms with E-state index < -0.39 is 11.6 Å². The summed E-state index contributed by atoms with van der Waals surface area (Å²) in [5, 5.41) is 3.34. The Kier molecular flexibility index (Phi) is 6.27. The fraction of sp³-hybridized carbons (Fsp3) is 0.600. The second-order valence-electron chi connectivity index (χ2n) is 4.83. The number of benzene rings is 1. The van der Waals surface area contributed by atoms with Crippen LogP contribution in [0.5, 0.6) is 0 Å². The van der Waals surface area contributed by atoms with Gasteiger partial charge < -0.3 is 5.32 Å². The van der Waals surface area contributed by atoms with Crippen molar-refractivity contribution in [2.24, 2.45) is 5.92 Å². The van der Waals surface area contributed by atoms with Crippen LogP contribution in [0.2, 0.25) is 0 Å². The van der Waals surface area contributed by atoms with Crippen molar-refractivity contribution in [3.63, 3.8) is 0 Å². The van der Waals surface area contributed by atoms with Crippen molar-refractivity contribution in [1.82, 2.24) is 5.32 Å². The van der Waals surface area contributed by atoms with Crippen molar-refractivity contribution >= 4 is 0 Å². The highest BCUT2D eigenvalue weighted by Gasteiger charge is 2.19. The van der Waals surface area contributed by atoms with Crippen LogP contribution in [0.15, 0.2) is 18.2 Å². The first-order valence-electron chi connectivity index (χ1n) is 6.76. The molecule has 0 spiro atoms. The molecule has 1 aromatic carbocycles. The van der Waals surface area contributed by atoms with Crippen LogP contribution in [0, 0.1) is 17.6 Å². The normalized spacial score (nSPS) is 14.5. The van der Waals surface area contributed by atoms with E-state index >= 15 is 0 Å². The van der Waals surface area contributed by atoms with Gasteiger partial charge in [-0.2, -0.15) is 0 Å². The minimum Gasteiger partial charge on any atom is -0.314 e. The van der Waals surface area contributed by atoms with Gasteiger partial charge in [-0.3, -0.25) is 0 Å². The van der Waals surface area contributed by atoms with E-state index in [4.69, 9.17) is 0 Å². The standard InChI is InChI=1S/C15H23F2N/c1-4-7-11(3)15(18-5-2)10-12-13(16)8-6-9-14(12)17/h6,8-9,11,15,18H,4-5,7,10H2,1-3H3. The maximum Gasteiger partial charge on any atom is 0.129 e. The van der Waals surface area contributed by atoms with Gasteiger partial charge >= 0.3 is 0 Å². The van der Waals surface area contributed by atoms with Crippen LogP contribution in [-0.4, -0.2) is 12.6 Å². The maximum atomic E-state index is 13.6. The van der Waals surface area contributed by atoms with Crippen molar-refractivity contribution in [3.05, 3.63) is 35.4 Å². The molecule has 0 aliphatic carbocycles. The van der Waals surface area contributed by atoms with Gasteiger partial charge in [-0.25, -0.2) is 8.78 Å². The zero-order valence-electron chi connectivity index (χ0n) is 11.5. The highest BCUT2D eigenvalue weighted by atomic mass is 19.1. The number of hydrogen-bond donors (Lipinski definition) is 1.